The second kappa shape index (κ2) is 4.59. The number of H-pyrrole nitrogens is 1. The first-order valence-electron chi connectivity index (χ1n) is 5.24. The summed E-state index contributed by atoms with van der Waals surface area (Å²) >= 11 is 0. The number of aromatic nitrogens is 1. The maximum atomic E-state index is 11.1. The van der Waals surface area contributed by atoms with E-state index in [2.05, 4.69) is 9.88 Å². The topological polar surface area (TPSA) is 45.3 Å². The van der Waals surface area contributed by atoms with Crippen LogP contribution in [0, 0.1) is 0 Å². The lowest BCUT2D eigenvalue weighted by Gasteiger charge is -2.25. The van der Waals surface area contributed by atoms with Crippen LogP contribution in [0.3, 0.4) is 0 Å². The fourth-order valence-electron chi connectivity index (χ4n) is 1.74. The molecule has 15 heavy (non-hydrogen) atoms. The number of hydrogen-bond donors (Lipinski definition) is 1. The lowest BCUT2D eigenvalue weighted by molar-refractivity contribution is 0.0337. The number of aromatic amines is 1. The SMILES string of the molecule is CC(=O)c1ccc(CN2CCOCC2)[nH]1. The maximum Gasteiger partial charge on any atom is 0.175 e. The smallest absolute Gasteiger partial charge is 0.175 e. The highest BCUT2D eigenvalue weighted by Gasteiger charge is 2.11. The van der Waals surface area contributed by atoms with E-state index in [4.69, 9.17) is 4.74 Å². The van der Waals surface area contributed by atoms with E-state index in [0.717, 1.165) is 38.5 Å². The van der Waals surface area contributed by atoms with E-state index >= 15 is 0 Å². The molecule has 1 saturated heterocycles. The molecule has 82 valence electrons. The summed E-state index contributed by atoms with van der Waals surface area (Å²) in [7, 11) is 0. The Balaban J connectivity index is 1.94. The van der Waals surface area contributed by atoms with Gasteiger partial charge >= 0.3 is 0 Å². The summed E-state index contributed by atoms with van der Waals surface area (Å²) in [6.07, 6.45) is 0. The molecule has 1 aliphatic rings. The average Bonchev–Trinajstić information content (AvgIpc) is 2.68. The quantitative estimate of drug-likeness (QED) is 0.755. The molecule has 1 aromatic rings. The molecule has 2 heterocycles. The highest BCUT2D eigenvalue weighted by molar-refractivity contribution is 5.92. The Morgan fingerprint density at radius 1 is 1.47 bits per heavy atom. The number of nitrogens with zero attached hydrogens (tertiary/aromatic N) is 1. The lowest BCUT2D eigenvalue weighted by Crippen LogP contribution is -2.35. The Hall–Kier alpha value is -1.13. The fraction of sp³-hybridized carbons (Fsp3) is 0.545. The Morgan fingerprint density at radius 3 is 2.80 bits per heavy atom. The number of ether oxygens (including phenoxy) is 1. The molecular formula is C11H16N2O2. The van der Waals surface area contributed by atoms with Crippen molar-refractivity contribution >= 4 is 5.78 Å². The zero-order valence-corrected chi connectivity index (χ0v) is 8.95. The van der Waals surface area contributed by atoms with Gasteiger partial charge in [0.2, 0.25) is 0 Å². The number of carbonyl (C=O) groups excluding carboxylic acids is 1. The van der Waals surface area contributed by atoms with Gasteiger partial charge in [-0.05, 0) is 12.1 Å². The fourth-order valence-corrected chi connectivity index (χ4v) is 1.74. The Kier molecular flexibility index (Phi) is 3.18. The van der Waals surface area contributed by atoms with Crippen LogP contribution in [0.25, 0.3) is 0 Å². The van der Waals surface area contributed by atoms with E-state index in [-0.39, 0.29) is 5.78 Å². The van der Waals surface area contributed by atoms with Crippen molar-refractivity contribution in [1.29, 1.82) is 0 Å². The van der Waals surface area contributed by atoms with Crippen LogP contribution in [0.4, 0.5) is 0 Å². The lowest BCUT2D eigenvalue weighted by atomic mass is 10.3. The van der Waals surface area contributed by atoms with Crippen molar-refractivity contribution in [3.8, 4) is 0 Å². The van der Waals surface area contributed by atoms with Gasteiger partial charge in [-0.1, -0.05) is 0 Å². The zero-order valence-electron chi connectivity index (χ0n) is 8.95. The van der Waals surface area contributed by atoms with Gasteiger partial charge < -0.3 is 9.72 Å². The largest absolute Gasteiger partial charge is 0.379 e. The monoisotopic (exact) mass is 208 g/mol. The molecule has 1 aromatic heterocycles. The highest BCUT2D eigenvalue weighted by Crippen LogP contribution is 2.07. The van der Waals surface area contributed by atoms with Crippen molar-refractivity contribution in [2.45, 2.75) is 13.5 Å². The first-order chi connectivity index (χ1) is 7.25. The van der Waals surface area contributed by atoms with E-state index in [1.165, 1.54) is 0 Å². The first kappa shape index (κ1) is 10.4. The van der Waals surface area contributed by atoms with Crippen LogP contribution < -0.4 is 0 Å². The summed E-state index contributed by atoms with van der Waals surface area (Å²) in [6, 6.07) is 3.82. The van der Waals surface area contributed by atoms with E-state index in [1.54, 1.807) is 6.92 Å². The van der Waals surface area contributed by atoms with Crippen LogP contribution in [0.5, 0.6) is 0 Å². The molecule has 0 aromatic carbocycles. The van der Waals surface area contributed by atoms with Crippen molar-refractivity contribution < 1.29 is 9.53 Å². The third kappa shape index (κ3) is 2.67. The second-order valence-electron chi connectivity index (χ2n) is 3.84. The van der Waals surface area contributed by atoms with Crippen LogP contribution in [-0.2, 0) is 11.3 Å². The highest BCUT2D eigenvalue weighted by atomic mass is 16.5. The molecule has 2 rings (SSSR count). The molecule has 1 N–H and O–H groups in total. The van der Waals surface area contributed by atoms with Crippen LogP contribution in [0.1, 0.15) is 23.1 Å². The van der Waals surface area contributed by atoms with Gasteiger partial charge in [0, 0.05) is 32.3 Å². The molecule has 0 amide bonds. The summed E-state index contributed by atoms with van der Waals surface area (Å²) < 4.78 is 5.27. The summed E-state index contributed by atoms with van der Waals surface area (Å²) in [4.78, 5) is 16.5. The minimum atomic E-state index is 0.0863. The van der Waals surface area contributed by atoms with Crippen molar-refractivity contribution in [2.75, 3.05) is 26.3 Å². The predicted molar refractivity (Wildman–Crippen MR) is 56.9 cm³/mol. The van der Waals surface area contributed by atoms with Gasteiger partial charge in [0.1, 0.15) is 0 Å². The van der Waals surface area contributed by atoms with E-state index < -0.39 is 0 Å². The molecule has 0 spiro atoms. The number of ketones is 1. The molecule has 0 saturated carbocycles. The number of nitrogens with one attached hydrogen (secondary N) is 1. The molecule has 4 heteroatoms. The van der Waals surface area contributed by atoms with Crippen LogP contribution in [-0.4, -0.2) is 42.0 Å². The van der Waals surface area contributed by atoms with E-state index in [0.29, 0.717) is 5.69 Å². The minimum absolute atomic E-state index is 0.0863. The van der Waals surface area contributed by atoms with E-state index in [9.17, 15) is 4.79 Å². The Labute approximate surface area is 89.2 Å². The van der Waals surface area contributed by atoms with Gasteiger partial charge in [0.15, 0.2) is 5.78 Å². The third-order valence-electron chi connectivity index (χ3n) is 2.62. The summed E-state index contributed by atoms with van der Waals surface area (Å²) in [6.45, 7) is 5.99. The number of Topliss-reactive ketones (excluding diaryl/α,β-unsaturated/α-hetero) is 1. The number of hydrogen-bond acceptors (Lipinski definition) is 3. The molecule has 0 radical (unpaired) electrons. The van der Waals surface area contributed by atoms with Gasteiger partial charge in [0.25, 0.3) is 0 Å². The van der Waals surface area contributed by atoms with Crippen molar-refractivity contribution in [3.05, 3.63) is 23.5 Å². The standard InChI is InChI=1S/C11H16N2O2/c1-9(14)11-3-2-10(12-11)8-13-4-6-15-7-5-13/h2-3,12H,4-8H2,1H3. The van der Waals surface area contributed by atoms with Gasteiger partial charge in [0.05, 0.1) is 18.9 Å². The minimum Gasteiger partial charge on any atom is -0.379 e. The molecular weight excluding hydrogens is 192 g/mol. The van der Waals surface area contributed by atoms with Crippen LogP contribution in [0.15, 0.2) is 12.1 Å². The summed E-state index contributed by atoms with van der Waals surface area (Å²) in [5.74, 6) is 0.0863. The van der Waals surface area contributed by atoms with E-state index in [1.807, 2.05) is 12.1 Å². The van der Waals surface area contributed by atoms with Gasteiger partial charge in [-0.2, -0.15) is 0 Å². The summed E-state index contributed by atoms with van der Waals surface area (Å²) in [5, 5.41) is 0. The number of rotatable bonds is 3. The first-order valence-corrected chi connectivity index (χ1v) is 5.24. The second-order valence-corrected chi connectivity index (χ2v) is 3.84. The third-order valence-corrected chi connectivity index (χ3v) is 2.62. The van der Waals surface area contributed by atoms with Gasteiger partial charge in [-0.15, -0.1) is 0 Å². The molecule has 0 bridgehead atoms. The Morgan fingerprint density at radius 2 is 2.20 bits per heavy atom. The van der Waals surface area contributed by atoms with Crippen molar-refractivity contribution in [3.63, 3.8) is 0 Å². The Bertz CT molecular complexity index is 340. The summed E-state index contributed by atoms with van der Waals surface area (Å²) in [5.41, 5.74) is 1.79. The maximum absolute atomic E-state index is 11.1. The van der Waals surface area contributed by atoms with Crippen molar-refractivity contribution in [2.24, 2.45) is 0 Å². The molecule has 4 nitrogen and oxygen atoms in total. The van der Waals surface area contributed by atoms with Crippen LogP contribution >= 0.6 is 0 Å². The number of morpholine rings is 1. The van der Waals surface area contributed by atoms with Crippen molar-refractivity contribution in [1.82, 2.24) is 9.88 Å². The molecule has 0 aliphatic carbocycles. The van der Waals surface area contributed by atoms with Gasteiger partial charge in [-0.3, -0.25) is 9.69 Å². The van der Waals surface area contributed by atoms with Gasteiger partial charge in [-0.25, -0.2) is 0 Å². The molecule has 1 fully saturated rings. The molecule has 0 atom stereocenters. The molecule has 1 aliphatic heterocycles. The normalized spacial score (nSPS) is 17.9. The number of carbonyl (C=O) groups is 1. The van der Waals surface area contributed by atoms with Crippen LogP contribution in [0.2, 0.25) is 0 Å². The predicted octanol–water partition coefficient (Wildman–Crippen LogP) is 1.05. The zero-order chi connectivity index (χ0) is 10.7. The average molecular weight is 208 g/mol. The molecule has 0 unspecified atom stereocenters.